The number of ether oxygens (including phenoxy) is 1. The van der Waals surface area contributed by atoms with Crippen molar-refractivity contribution in [1.82, 2.24) is 20.4 Å². The van der Waals surface area contributed by atoms with Gasteiger partial charge in [-0.3, -0.25) is 19.9 Å². The highest BCUT2D eigenvalue weighted by Crippen LogP contribution is 2.18. The number of rotatable bonds is 7. The summed E-state index contributed by atoms with van der Waals surface area (Å²) in [5, 5.41) is 5.15. The monoisotopic (exact) mass is 346 g/mol. The lowest BCUT2D eigenvalue weighted by molar-refractivity contribution is -0.121. The van der Waals surface area contributed by atoms with Gasteiger partial charge >= 0.3 is 6.03 Å². The van der Waals surface area contributed by atoms with Crippen LogP contribution in [0.25, 0.3) is 0 Å². The third-order valence-corrected chi connectivity index (χ3v) is 4.42. The van der Waals surface area contributed by atoms with Crippen molar-refractivity contribution in [2.75, 3.05) is 45.9 Å². The molecule has 1 saturated carbocycles. The van der Waals surface area contributed by atoms with Gasteiger partial charge in [0.2, 0.25) is 5.91 Å². The van der Waals surface area contributed by atoms with E-state index in [0.717, 1.165) is 51.3 Å². The number of carbonyl (C=O) groups excluding carboxylic acids is 2. The highest BCUT2D eigenvalue weighted by atomic mass is 16.5. The number of amides is 3. The van der Waals surface area contributed by atoms with Crippen LogP contribution in [0.2, 0.25) is 0 Å². The van der Waals surface area contributed by atoms with Crippen molar-refractivity contribution in [3.8, 4) is 5.75 Å². The topological polar surface area (TPSA) is 73.9 Å². The van der Waals surface area contributed by atoms with Crippen molar-refractivity contribution in [2.45, 2.75) is 18.9 Å². The molecule has 0 unspecified atom stereocenters. The first-order chi connectivity index (χ1) is 12.2. The molecule has 136 valence electrons. The molecule has 0 radical (unpaired) electrons. The molecule has 1 aromatic rings. The third-order valence-electron chi connectivity index (χ3n) is 4.42. The van der Waals surface area contributed by atoms with E-state index in [0.29, 0.717) is 6.61 Å². The van der Waals surface area contributed by atoms with E-state index in [1.165, 1.54) is 0 Å². The van der Waals surface area contributed by atoms with Gasteiger partial charge in [-0.1, -0.05) is 18.2 Å². The van der Waals surface area contributed by atoms with Crippen LogP contribution in [0.4, 0.5) is 4.79 Å². The fourth-order valence-corrected chi connectivity index (χ4v) is 2.80. The summed E-state index contributed by atoms with van der Waals surface area (Å²) in [5.74, 6) is 0.654. The second-order valence-corrected chi connectivity index (χ2v) is 6.58. The van der Waals surface area contributed by atoms with Gasteiger partial charge in [0, 0.05) is 38.8 Å². The van der Waals surface area contributed by atoms with Gasteiger partial charge < -0.3 is 10.1 Å². The smallest absolute Gasteiger partial charge is 0.321 e. The Morgan fingerprint density at radius 1 is 1.04 bits per heavy atom. The molecule has 2 N–H and O–H groups in total. The lowest BCUT2D eigenvalue weighted by Crippen LogP contribution is -2.51. The predicted molar refractivity (Wildman–Crippen MR) is 94.5 cm³/mol. The summed E-state index contributed by atoms with van der Waals surface area (Å²) >= 11 is 0. The quantitative estimate of drug-likeness (QED) is 0.759. The summed E-state index contributed by atoms with van der Waals surface area (Å²) < 4.78 is 5.72. The van der Waals surface area contributed by atoms with E-state index in [-0.39, 0.29) is 24.5 Å². The summed E-state index contributed by atoms with van der Waals surface area (Å²) in [6.07, 6.45) is 2.02. The SMILES string of the molecule is O=C(CN1CCN(CCOc2ccccc2)CC1)NC(=O)NC1CC1. The van der Waals surface area contributed by atoms with Crippen LogP contribution in [0.15, 0.2) is 30.3 Å². The van der Waals surface area contributed by atoms with E-state index in [1.54, 1.807) is 0 Å². The zero-order valence-electron chi connectivity index (χ0n) is 14.4. The molecule has 2 fully saturated rings. The number of nitrogens with one attached hydrogen (secondary N) is 2. The molecular formula is C18H26N4O3. The highest BCUT2D eigenvalue weighted by molar-refractivity contribution is 5.95. The number of piperazine rings is 1. The van der Waals surface area contributed by atoms with Crippen LogP contribution in [0.5, 0.6) is 5.75 Å². The first-order valence-corrected chi connectivity index (χ1v) is 8.92. The van der Waals surface area contributed by atoms with Crippen LogP contribution in [0.1, 0.15) is 12.8 Å². The largest absolute Gasteiger partial charge is 0.492 e. The fourth-order valence-electron chi connectivity index (χ4n) is 2.80. The van der Waals surface area contributed by atoms with Crippen molar-refractivity contribution < 1.29 is 14.3 Å². The van der Waals surface area contributed by atoms with Crippen molar-refractivity contribution in [1.29, 1.82) is 0 Å². The van der Waals surface area contributed by atoms with Gasteiger partial charge in [0.15, 0.2) is 0 Å². The Bertz CT molecular complexity index is 569. The Kier molecular flexibility index (Phi) is 6.25. The normalized spacial score (nSPS) is 18.6. The van der Waals surface area contributed by atoms with Gasteiger partial charge in [-0.2, -0.15) is 0 Å². The lowest BCUT2D eigenvalue weighted by Gasteiger charge is -2.34. The minimum atomic E-state index is -0.371. The summed E-state index contributed by atoms with van der Waals surface area (Å²) in [5.41, 5.74) is 0. The van der Waals surface area contributed by atoms with Crippen LogP contribution in [-0.4, -0.2) is 73.7 Å². The second kappa shape index (κ2) is 8.82. The maximum absolute atomic E-state index is 11.9. The predicted octanol–water partition coefficient (Wildman–Crippen LogP) is 0.671. The maximum Gasteiger partial charge on any atom is 0.321 e. The van der Waals surface area contributed by atoms with E-state index in [4.69, 9.17) is 4.74 Å². The van der Waals surface area contributed by atoms with Crippen molar-refractivity contribution >= 4 is 11.9 Å². The summed E-state index contributed by atoms with van der Waals surface area (Å²) in [4.78, 5) is 27.8. The maximum atomic E-state index is 11.9. The summed E-state index contributed by atoms with van der Waals surface area (Å²) in [6, 6.07) is 9.69. The van der Waals surface area contributed by atoms with E-state index < -0.39 is 0 Å². The number of imide groups is 1. The standard InChI is InChI=1S/C18H26N4O3/c23-17(20-18(24)19-15-6-7-15)14-22-10-8-21(9-11-22)12-13-25-16-4-2-1-3-5-16/h1-5,15H,6-14H2,(H2,19,20,23,24). The van der Waals surface area contributed by atoms with Crippen molar-refractivity contribution in [3.63, 3.8) is 0 Å². The molecule has 25 heavy (non-hydrogen) atoms. The van der Waals surface area contributed by atoms with Crippen LogP contribution in [-0.2, 0) is 4.79 Å². The van der Waals surface area contributed by atoms with Gasteiger partial charge in [-0.15, -0.1) is 0 Å². The first-order valence-electron chi connectivity index (χ1n) is 8.92. The minimum Gasteiger partial charge on any atom is -0.492 e. The van der Waals surface area contributed by atoms with E-state index in [9.17, 15) is 9.59 Å². The molecule has 7 heteroatoms. The molecule has 0 spiro atoms. The molecule has 3 rings (SSSR count). The number of urea groups is 1. The third kappa shape index (κ3) is 6.36. The second-order valence-electron chi connectivity index (χ2n) is 6.58. The van der Waals surface area contributed by atoms with Gasteiger partial charge in [0.05, 0.1) is 6.54 Å². The molecule has 0 bridgehead atoms. The number of nitrogens with zero attached hydrogens (tertiary/aromatic N) is 2. The molecule has 1 aliphatic carbocycles. The van der Waals surface area contributed by atoms with Gasteiger partial charge in [0.1, 0.15) is 12.4 Å². The first kappa shape index (κ1) is 17.7. The Morgan fingerprint density at radius 3 is 2.40 bits per heavy atom. The molecular weight excluding hydrogens is 320 g/mol. The molecule has 7 nitrogen and oxygen atoms in total. The molecule has 1 heterocycles. The molecule has 3 amide bonds. The average Bonchev–Trinajstić information content (AvgIpc) is 3.41. The van der Waals surface area contributed by atoms with Crippen LogP contribution >= 0.6 is 0 Å². The van der Waals surface area contributed by atoms with Gasteiger partial charge in [-0.05, 0) is 25.0 Å². The van der Waals surface area contributed by atoms with Crippen LogP contribution in [0.3, 0.4) is 0 Å². The zero-order chi connectivity index (χ0) is 17.5. The number of hydrogen-bond donors (Lipinski definition) is 2. The number of carbonyl (C=O) groups is 2. The average molecular weight is 346 g/mol. The fraction of sp³-hybridized carbons (Fsp3) is 0.556. The summed E-state index contributed by atoms with van der Waals surface area (Å²) in [7, 11) is 0. The molecule has 0 atom stereocenters. The number of para-hydroxylation sites is 1. The van der Waals surface area contributed by atoms with Gasteiger partial charge in [0.25, 0.3) is 0 Å². The molecule has 1 saturated heterocycles. The van der Waals surface area contributed by atoms with Crippen molar-refractivity contribution in [3.05, 3.63) is 30.3 Å². The highest BCUT2D eigenvalue weighted by Gasteiger charge is 2.24. The number of benzene rings is 1. The van der Waals surface area contributed by atoms with Crippen LogP contribution in [0, 0.1) is 0 Å². The molecule has 1 aliphatic heterocycles. The van der Waals surface area contributed by atoms with E-state index >= 15 is 0 Å². The van der Waals surface area contributed by atoms with E-state index in [2.05, 4.69) is 20.4 Å². The Morgan fingerprint density at radius 2 is 1.72 bits per heavy atom. The molecule has 0 aromatic heterocycles. The molecule has 2 aliphatic rings. The number of hydrogen-bond acceptors (Lipinski definition) is 5. The zero-order valence-corrected chi connectivity index (χ0v) is 14.4. The van der Waals surface area contributed by atoms with Crippen LogP contribution < -0.4 is 15.4 Å². The van der Waals surface area contributed by atoms with E-state index in [1.807, 2.05) is 30.3 Å². The minimum absolute atomic E-state index is 0.237. The lowest BCUT2D eigenvalue weighted by atomic mass is 10.3. The Hall–Kier alpha value is -2.12. The summed E-state index contributed by atoms with van der Waals surface area (Å²) in [6.45, 7) is 5.25. The Labute approximate surface area is 148 Å². The Balaban J connectivity index is 1.27. The van der Waals surface area contributed by atoms with Gasteiger partial charge in [-0.25, -0.2) is 4.79 Å². The van der Waals surface area contributed by atoms with Crippen molar-refractivity contribution in [2.24, 2.45) is 0 Å². The molecule has 1 aromatic carbocycles.